The maximum Gasteiger partial charge on any atom is 0.264 e. The van der Waals surface area contributed by atoms with E-state index in [-0.39, 0.29) is 11.5 Å². The minimum absolute atomic E-state index is 0.0611. The molecule has 0 spiro atoms. The van der Waals surface area contributed by atoms with Gasteiger partial charge in [-0.1, -0.05) is 32.9 Å². The van der Waals surface area contributed by atoms with Crippen LogP contribution in [0.5, 0.6) is 0 Å². The van der Waals surface area contributed by atoms with Crippen molar-refractivity contribution in [2.24, 2.45) is 0 Å². The molecule has 0 saturated heterocycles. The maximum atomic E-state index is 12.6. The molecule has 0 saturated carbocycles. The first-order valence-electron chi connectivity index (χ1n) is 6.50. The average Bonchev–Trinajstić information content (AvgIpc) is 2.26. The highest BCUT2D eigenvalue weighted by atomic mass is 32.2. The van der Waals surface area contributed by atoms with Crippen LogP contribution < -0.4 is 0 Å². The summed E-state index contributed by atoms with van der Waals surface area (Å²) in [5.41, 5.74) is 1.74. The summed E-state index contributed by atoms with van der Waals surface area (Å²) < 4.78 is 26.6. The Balaban J connectivity index is 2.63. The van der Waals surface area contributed by atoms with Gasteiger partial charge in [-0.05, 0) is 42.5 Å². The monoisotopic (exact) mass is 279 g/mol. The fourth-order valence-corrected chi connectivity index (χ4v) is 3.87. The van der Waals surface area contributed by atoms with Gasteiger partial charge in [0.25, 0.3) is 10.0 Å². The molecule has 1 aromatic rings. The maximum absolute atomic E-state index is 12.6. The molecule has 1 aliphatic rings. The van der Waals surface area contributed by atoms with Crippen LogP contribution in [0.2, 0.25) is 0 Å². The van der Waals surface area contributed by atoms with Crippen LogP contribution in [0, 0.1) is 0 Å². The molecule has 4 heteroatoms. The summed E-state index contributed by atoms with van der Waals surface area (Å²) >= 11 is 0. The van der Waals surface area contributed by atoms with Crippen LogP contribution in [0.1, 0.15) is 45.7 Å². The van der Waals surface area contributed by atoms with E-state index in [9.17, 15) is 8.42 Å². The molecule has 1 aromatic carbocycles. The van der Waals surface area contributed by atoms with Gasteiger partial charge in [-0.25, -0.2) is 8.42 Å². The molecule has 0 aliphatic carbocycles. The Hall–Kier alpha value is -1.29. The molecule has 19 heavy (non-hydrogen) atoms. The lowest BCUT2D eigenvalue weighted by Crippen LogP contribution is -2.34. The Morgan fingerprint density at radius 3 is 2.32 bits per heavy atom. The zero-order valence-electron chi connectivity index (χ0n) is 12.1. The van der Waals surface area contributed by atoms with Gasteiger partial charge < -0.3 is 0 Å². The lowest BCUT2D eigenvalue weighted by Gasteiger charge is -2.29. The number of nitrogens with zero attached hydrogens (tertiary/aromatic N) is 1. The van der Waals surface area contributed by atoms with Crippen molar-refractivity contribution in [2.45, 2.75) is 51.0 Å². The summed E-state index contributed by atoms with van der Waals surface area (Å²) in [6.07, 6.45) is 3.52. The number of hydrogen-bond acceptors (Lipinski definition) is 2. The standard InChI is InChI=1S/C15H21NO2S/c1-11(2)16-9-8-12-6-7-13(15(3,4)5)10-14(12)19(16,17)18/h6-11H,1-5H3. The molecule has 0 bridgehead atoms. The van der Waals surface area contributed by atoms with Crippen LogP contribution in [0.15, 0.2) is 29.3 Å². The third kappa shape index (κ3) is 2.41. The van der Waals surface area contributed by atoms with Crippen molar-refractivity contribution in [1.82, 2.24) is 4.31 Å². The first-order valence-corrected chi connectivity index (χ1v) is 7.94. The number of sulfonamides is 1. The van der Waals surface area contributed by atoms with E-state index in [1.165, 1.54) is 4.31 Å². The molecular formula is C15H21NO2S. The zero-order valence-corrected chi connectivity index (χ0v) is 13.0. The van der Waals surface area contributed by atoms with Crippen molar-refractivity contribution in [1.29, 1.82) is 0 Å². The lowest BCUT2D eigenvalue weighted by atomic mass is 9.86. The zero-order chi connectivity index (χ0) is 14.4. The van der Waals surface area contributed by atoms with Crippen molar-refractivity contribution in [2.75, 3.05) is 0 Å². The lowest BCUT2D eigenvalue weighted by molar-refractivity contribution is 0.441. The van der Waals surface area contributed by atoms with E-state index < -0.39 is 10.0 Å². The molecule has 0 fully saturated rings. The normalized spacial score (nSPS) is 17.7. The minimum Gasteiger partial charge on any atom is -0.271 e. The minimum atomic E-state index is -3.42. The number of fused-ring (bicyclic) bond motifs is 1. The SMILES string of the molecule is CC(C)N1C=Cc2ccc(C(C)(C)C)cc2S1(=O)=O. The van der Waals surface area contributed by atoms with E-state index in [4.69, 9.17) is 0 Å². The van der Waals surface area contributed by atoms with Crippen LogP contribution in [0.25, 0.3) is 6.08 Å². The highest BCUT2D eigenvalue weighted by Crippen LogP contribution is 2.32. The third-order valence-electron chi connectivity index (χ3n) is 3.35. The van der Waals surface area contributed by atoms with Gasteiger partial charge in [0.1, 0.15) is 0 Å². The molecule has 104 valence electrons. The van der Waals surface area contributed by atoms with E-state index in [0.717, 1.165) is 11.1 Å². The third-order valence-corrected chi connectivity index (χ3v) is 5.35. The first-order chi connectivity index (χ1) is 8.64. The molecule has 1 aliphatic heterocycles. The average molecular weight is 279 g/mol. The predicted molar refractivity (Wildman–Crippen MR) is 78.3 cm³/mol. The Labute approximate surface area is 116 Å². The fourth-order valence-electron chi connectivity index (χ4n) is 2.16. The van der Waals surface area contributed by atoms with Gasteiger partial charge in [0.15, 0.2) is 0 Å². The smallest absolute Gasteiger partial charge is 0.264 e. The number of benzene rings is 1. The second-order valence-electron chi connectivity index (χ2n) is 6.25. The van der Waals surface area contributed by atoms with Gasteiger partial charge in [0, 0.05) is 12.2 Å². The summed E-state index contributed by atoms with van der Waals surface area (Å²) in [6, 6.07) is 5.63. The molecule has 3 nitrogen and oxygen atoms in total. The topological polar surface area (TPSA) is 37.4 Å². The highest BCUT2D eigenvalue weighted by molar-refractivity contribution is 7.89. The summed E-state index contributed by atoms with van der Waals surface area (Å²) in [4.78, 5) is 0.413. The van der Waals surface area contributed by atoms with Gasteiger partial charge >= 0.3 is 0 Å². The largest absolute Gasteiger partial charge is 0.271 e. The molecule has 1 heterocycles. The fraction of sp³-hybridized carbons (Fsp3) is 0.467. The highest BCUT2D eigenvalue weighted by Gasteiger charge is 2.30. The number of hydrogen-bond donors (Lipinski definition) is 0. The van der Waals surface area contributed by atoms with E-state index in [2.05, 4.69) is 20.8 Å². The van der Waals surface area contributed by atoms with E-state index in [1.807, 2.05) is 38.1 Å². The van der Waals surface area contributed by atoms with Crippen molar-refractivity contribution >= 4 is 16.1 Å². The van der Waals surface area contributed by atoms with Crippen LogP contribution in [-0.2, 0) is 15.4 Å². The van der Waals surface area contributed by atoms with Crippen LogP contribution in [0.3, 0.4) is 0 Å². The van der Waals surface area contributed by atoms with Gasteiger partial charge in [0.05, 0.1) is 4.90 Å². The summed E-state index contributed by atoms with van der Waals surface area (Å²) in [6.45, 7) is 10.0. The molecule has 0 N–H and O–H groups in total. The second kappa shape index (κ2) is 4.37. The van der Waals surface area contributed by atoms with Crippen LogP contribution >= 0.6 is 0 Å². The molecule has 0 unspecified atom stereocenters. The van der Waals surface area contributed by atoms with E-state index in [1.54, 1.807) is 6.20 Å². The molecule has 0 atom stereocenters. The van der Waals surface area contributed by atoms with E-state index in [0.29, 0.717) is 4.90 Å². The Morgan fingerprint density at radius 2 is 1.79 bits per heavy atom. The van der Waals surface area contributed by atoms with Gasteiger partial charge in [-0.2, -0.15) is 0 Å². The van der Waals surface area contributed by atoms with Crippen molar-refractivity contribution in [3.8, 4) is 0 Å². The molecule has 2 rings (SSSR count). The second-order valence-corrected chi connectivity index (χ2v) is 8.06. The van der Waals surface area contributed by atoms with Crippen molar-refractivity contribution < 1.29 is 8.42 Å². The first kappa shape index (κ1) is 14.1. The summed E-state index contributed by atoms with van der Waals surface area (Å²) in [7, 11) is -3.42. The summed E-state index contributed by atoms with van der Waals surface area (Å²) in [5, 5.41) is 0. The van der Waals surface area contributed by atoms with Crippen LogP contribution in [-0.4, -0.2) is 18.8 Å². The molecule has 0 amide bonds. The quantitative estimate of drug-likeness (QED) is 0.790. The summed E-state index contributed by atoms with van der Waals surface area (Å²) in [5.74, 6) is 0. The van der Waals surface area contributed by atoms with Gasteiger partial charge in [0.2, 0.25) is 0 Å². The van der Waals surface area contributed by atoms with Gasteiger partial charge in [-0.15, -0.1) is 0 Å². The van der Waals surface area contributed by atoms with Crippen molar-refractivity contribution in [3.05, 3.63) is 35.5 Å². The predicted octanol–water partition coefficient (Wildman–Crippen LogP) is 3.37. The Bertz CT molecular complexity index is 622. The Morgan fingerprint density at radius 1 is 1.16 bits per heavy atom. The number of rotatable bonds is 1. The molecule has 0 aromatic heterocycles. The van der Waals surface area contributed by atoms with Gasteiger partial charge in [-0.3, -0.25) is 4.31 Å². The van der Waals surface area contributed by atoms with Crippen LogP contribution in [0.4, 0.5) is 0 Å². The Kier molecular flexibility index (Phi) is 3.25. The molecule has 0 radical (unpaired) electrons. The van der Waals surface area contributed by atoms with Crippen molar-refractivity contribution in [3.63, 3.8) is 0 Å². The van der Waals surface area contributed by atoms with E-state index >= 15 is 0 Å². The molecular weight excluding hydrogens is 258 g/mol.